The third-order valence-electron chi connectivity index (χ3n) is 5.56. The molecule has 1 aromatic heterocycles. The SMILES string of the molecule is Cc1ccc(NC(C)c2cc(C)cc3c(=O)cc(N4CCOCC4)oc23)c(C(=O)O)c1. The first-order chi connectivity index (χ1) is 14.8. The number of hydrogen-bond donors (Lipinski definition) is 2. The Labute approximate surface area is 180 Å². The van der Waals surface area contributed by atoms with E-state index in [2.05, 4.69) is 5.32 Å². The Morgan fingerprint density at radius 3 is 2.55 bits per heavy atom. The summed E-state index contributed by atoms with van der Waals surface area (Å²) in [6.45, 7) is 8.22. The molecule has 0 amide bonds. The quantitative estimate of drug-likeness (QED) is 0.639. The normalized spacial score (nSPS) is 15.1. The molecule has 0 aliphatic carbocycles. The Hall–Kier alpha value is -3.32. The van der Waals surface area contributed by atoms with Crippen LogP contribution >= 0.6 is 0 Å². The Morgan fingerprint density at radius 2 is 1.84 bits per heavy atom. The zero-order valence-electron chi connectivity index (χ0n) is 17.9. The van der Waals surface area contributed by atoms with Crippen molar-refractivity contribution in [1.29, 1.82) is 0 Å². The first-order valence-electron chi connectivity index (χ1n) is 10.3. The van der Waals surface area contributed by atoms with Crippen LogP contribution in [-0.2, 0) is 4.74 Å². The van der Waals surface area contributed by atoms with Crippen molar-refractivity contribution in [2.75, 3.05) is 36.5 Å². The van der Waals surface area contributed by atoms with E-state index in [1.54, 1.807) is 12.1 Å². The van der Waals surface area contributed by atoms with Gasteiger partial charge in [-0.2, -0.15) is 0 Å². The molecule has 1 aliphatic heterocycles. The van der Waals surface area contributed by atoms with Crippen molar-refractivity contribution < 1.29 is 19.1 Å². The van der Waals surface area contributed by atoms with Crippen molar-refractivity contribution >= 4 is 28.5 Å². The smallest absolute Gasteiger partial charge is 0.337 e. The number of morpholine rings is 1. The Morgan fingerprint density at radius 1 is 1.10 bits per heavy atom. The van der Waals surface area contributed by atoms with Gasteiger partial charge in [0.15, 0.2) is 11.3 Å². The largest absolute Gasteiger partial charge is 0.478 e. The van der Waals surface area contributed by atoms with E-state index in [1.165, 1.54) is 6.07 Å². The van der Waals surface area contributed by atoms with Crippen LogP contribution < -0.4 is 15.6 Å². The lowest BCUT2D eigenvalue weighted by Crippen LogP contribution is -2.36. The van der Waals surface area contributed by atoms with Crippen LogP contribution in [0.2, 0.25) is 0 Å². The van der Waals surface area contributed by atoms with E-state index in [9.17, 15) is 14.7 Å². The number of nitrogens with one attached hydrogen (secondary N) is 1. The molecule has 3 aromatic rings. The van der Waals surface area contributed by atoms with Gasteiger partial charge in [-0.1, -0.05) is 17.7 Å². The predicted molar refractivity (Wildman–Crippen MR) is 120 cm³/mol. The summed E-state index contributed by atoms with van der Waals surface area (Å²) in [5.41, 5.74) is 3.76. The number of rotatable bonds is 5. The van der Waals surface area contributed by atoms with E-state index in [-0.39, 0.29) is 17.0 Å². The third-order valence-corrected chi connectivity index (χ3v) is 5.56. The van der Waals surface area contributed by atoms with Crippen molar-refractivity contribution in [3.05, 3.63) is 68.9 Å². The van der Waals surface area contributed by atoms with Crippen molar-refractivity contribution in [3.63, 3.8) is 0 Å². The highest BCUT2D eigenvalue weighted by Gasteiger charge is 2.20. The van der Waals surface area contributed by atoms with E-state index < -0.39 is 5.97 Å². The van der Waals surface area contributed by atoms with Gasteiger partial charge in [-0.3, -0.25) is 4.79 Å². The van der Waals surface area contributed by atoms with Gasteiger partial charge in [0.25, 0.3) is 0 Å². The van der Waals surface area contributed by atoms with Crippen LogP contribution in [0.25, 0.3) is 11.0 Å². The zero-order chi connectivity index (χ0) is 22.1. The van der Waals surface area contributed by atoms with Crippen molar-refractivity contribution in [2.45, 2.75) is 26.8 Å². The molecule has 0 saturated carbocycles. The van der Waals surface area contributed by atoms with Gasteiger partial charge in [0.2, 0.25) is 0 Å². The molecule has 2 heterocycles. The standard InChI is InChI=1S/C24H26N2O5/c1-14-4-5-20(18(10-14)24(28)29)25-16(3)17-11-15(2)12-19-21(27)13-22(31-23(17)19)26-6-8-30-9-7-26/h4-5,10-13,16,25H,6-9H2,1-3H3,(H,28,29). The Balaban J connectivity index is 1.78. The van der Waals surface area contributed by atoms with Gasteiger partial charge in [0.1, 0.15) is 5.58 Å². The number of ether oxygens (including phenoxy) is 1. The Kier molecular flexibility index (Phi) is 5.69. The monoisotopic (exact) mass is 422 g/mol. The molecule has 7 heteroatoms. The fraction of sp³-hybridized carbons (Fsp3) is 0.333. The van der Waals surface area contributed by atoms with E-state index in [0.29, 0.717) is 48.8 Å². The minimum atomic E-state index is -0.992. The van der Waals surface area contributed by atoms with Gasteiger partial charge in [-0.25, -0.2) is 4.79 Å². The highest BCUT2D eigenvalue weighted by atomic mass is 16.5. The van der Waals surface area contributed by atoms with Crippen molar-refractivity contribution in [1.82, 2.24) is 0 Å². The summed E-state index contributed by atoms with van der Waals surface area (Å²) in [6, 6.07) is 10.3. The third kappa shape index (κ3) is 4.27. The topological polar surface area (TPSA) is 92.0 Å². The van der Waals surface area contributed by atoms with E-state index >= 15 is 0 Å². The molecule has 2 aromatic carbocycles. The van der Waals surface area contributed by atoms with E-state index in [4.69, 9.17) is 9.15 Å². The molecule has 162 valence electrons. The lowest BCUT2D eigenvalue weighted by molar-refractivity contribution is 0.0697. The van der Waals surface area contributed by atoms with Gasteiger partial charge < -0.3 is 24.5 Å². The van der Waals surface area contributed by atoms with Crippen LogP contribution in [0.3, 0.4) is 0 Å². The lowest BCUT2D eigenvalue weighted by atomic mass is 10.0. The highest BCUT2D eigenvalue weighted by molar-refractivity contribution is 5.94. The molecular formula is C24H26N2O5. The average molecular weight is 422 g/mol. The van der Waals surface area contributed by atoms with Gasteiger partial charge in [0, 0.05) is 30.4 Å². The van der Waals surface area contributed by atoms with E-state index in [1.807, 2.05) is 43.9 Å². The maximum Gasteiger partial charge on any atom is 0.337 e. The molecule has 7 nitrogen and oxygen atoms in total. The fourth-order valence-corrected chi connectivity index (χ4v) is 3.96. The second-order valence-electron chi connectivity index (χ2n) is 8.00. The summed E-state index contributed by atoms with van der Waals surface area (Å²) >= 11 is 0. The summed E-state index contributed by atoms with van der Waals surface area (Å²) in [6.07, 6.45) is 0. The van der Waals surface area contributed by atoms with Crippen LogP contribution in [0.1, 0.15) is 40.0 Å². The van der Waals surface area contributed by atoms with Crippen LogP contribution in [-0.4, -0.2) is 37.4 Å². The highest BCUT2D eigenvalue weighted by Crippen LogP contribution is 2.31. The molecule has 4 rings (SSSR count). The predicted octanol–water partition coefficient (Wildman–Crippen LogP) is 4.12. The van der Waals surface area contributed by atoms with Gasteiger partial charge in [-0.15, -0.1) is 0 Å². The summed E-state index contributed by atoms with van der Waals surface area (Å²) in [4.78, 5) is 26.6. The molecule has 31 heavy (non-hydrogen) atoms. The molecule has 0 radical (unpaired) electrons. The average Bonchev–Trinajstić information content (AvgIpc) is 2.75. The van der Waals surface area contributed by atoms with Crippen LogP contribution in [0.5, 0.6) is 0 Å². The minimum Gasteiger partial charge on any atom is -0.478 e. The molecule has 0 spiro atoms. The number of anilines is 2. The Bertz CT molecular complexity index is 1190. The second kappa shape index (κ2) is 8.43. The number of aromatic carboxylic acids is 1. The molecule has 1 aliphatic rings. The summed E-state index contributed by atoms with van der Waals surface area (Å²) < 4.78 is 11.6. The summed E-state index contributed by atoms with van der Waals surface area (Å²) in [5, 5.41) is 13.4. The fourth-order valence-electron chi connectivity index (χ4n) is 3.96. The van der Waals surface area contributed by atoms with Crippen molar-refractivity contribution in [2.24, 2.45) is 0 Å². The molecule has 1 unspecified atom stereocenters. The zero-order valence-corrected chi connectivity index (χ0v) is 17.9. The molecule has 1 fully saturated rings. The first kappa shape index (κ1) is 20.9. The molecule has 2 N–H and O–H groups in total. The summed E-state index contributed by atoms with van der Waals surface area (Å²) in [7, 11) is 0. The number of fused-ring (bicyclic) bond motifs is 1. The van der Waals surface area contributed by atoms with Gasteiger partial charge in [-0.05, 0) is 44.5 Å². The van der Waals surface area contributed by atoms with Crippen LogP contribution in [0.15, 0.2) is 45.6 Å². The van der Waals surface area contributed by atoms with E-state index in [0.717, 1.165) is 16.7 Å². The number of hydrogen-bond acceptors (Lipinski definition) is 6. The van der Waals surface area contributed by atoms with Crippen LogP contribution in [0.4, 0.5) is 11.6 Å². The second-order valence-corrected chi connectivity index (χ2v) is 8.00. The number of carboxylic acid groups (broad SMARTS) is 1. The maximum atomic E-state index is 12.9. The number of nitrogens with zero attached hydrogens (tertiary/aromatic N) is 1. The molecule has 1 atom stereocenters. The van der Waals surface area contributed by atoms with Gasteiger partial charge >= 0.3 is 5.97 Å². The van der Waals surface area contributed by atoms with Gasteiger partial charge in [0.05, 0.1) is 30.2 Å². The lowest BCUT2D eigenvalue weighted by Gasteiger charge is -2.27. The van der Waals surface area contributed by atoms with Crippen molar-refractivity contribution in [3.8, 4) is 0 Å². The minimum absolute atomic E-state index is 0.0959. The summed E-state index contributed by atoms with van der Waals surface area (Å²) in [5.74, 6) is -0.465. The molecule has 1 saturated heterocycles. The van der Waals surface area contributed by atoms with Crippen LogP contribution in [0, 0.1) is 13.8 Å². The number of carbonyl (C=O) groups is 1. The number of carboxylic acids is 1. The molecular weight excluding hydrogens is 396 g/mol. The maximum absolute atomic E-state index is 12.9. The first-order valence-corrected chi connectivity index (χ1v) is 10.3. The molecule has 0 bridgehead atoms. The number of benzene rings is 2. The number of aryl methyl sites for hydroxylation is 2.